The molecule has 2 aromatic rings. The molecule has 4 nitrogen and oxygen atoms in total. The summed E-state index contributed by atoms with van der Waals surface area (Å²) in [6.45, 7) is 4.24. The zero-order valence-corrected chi connectivity index (χ0v) is 9.79. The summed E-state index contributed by atoms with van der Waals surface area (Å²) < 4.78 is 1.72. The van der Waals surface area contributed by atoms with Crippen LogP contribution in [0.25, 0.3) is 5.69 Å². The van der Waals surface area contributed by atoms with Gasteiger partial charge in [-0.05, 0) is 23.6 Å². The molecule has 0 radical (unpaired) electrons. The lowest BCUT2D eigenvalue weighted by atomic mass is 10.0. The van der Waals surface area contributed by atoms with Gasteiger partial charge in [0.1, 0.15) is 6.33 Å². The summed E-state index contributed by atoms with van der Waals surface area (Å²) in [4.78, 5) is 14.6. The molecule has 2 rings (SSSR count). The number of carbonyl (C=O) groups is 1. The first kappa shape index (κ1) is 11.4. The second kappa shape index (κ2) is 4.41. The number of aromatic nitrogens is 2. The van der Waals surface area contributed by atoms with E-state index in [0.717, 1.165) is 5.69 Å². The Morgan fingerprint density at radius 2 is 2.18 bits per heavy atom. The van der Waals surface area contributed by atoms with Crippen molar-refractivity contribution < 1.29 is 9.90 Å². The van der Waals surface area contributed by atoms with Gasteiger partial charge in [-0.25, -0.2) is 9.78 Å². The van der Waals surface area contributed by atoms with E-state index in [4.69, 9.17) is 5.11 Å². The van der Waals surface area contributed by atoms with E-state index >= 15 is 0 Å². The van der Waals surface area contributed by atoms with E-state index in [1.54, 1.807) is 4.57 Å². The highest BCUT2D eigenvalue weighted by Crippen LogP contribution is 2.18. The summed E-state index contributed by atoms with van der Waals surface area (Å²) in [6, 6.07) is 7.99. The van der Waals surface area contributed by atoms with E-state index in [0.29, 0.717) is 5.92 Å². The van der Waals surface area contributed by atoms with Gasteiger partial charge in [-0.3, -0.25) is 0 Å². The second-order valence-corrected chi connectivity index (χ2v) is 4.22. The molecule has 4 heteroatoms. The zero-order chi connectivity index (χ0) is 12.4. The first-order chi connectivity index (χ1) is 8.08. The molecule has 0 aliphatic heterocycles. The van der Waals surface area contributed by atoms with Crippen LogP contribution >= 0.6 is 0 Å². The van der Waals surface area contributed by atoms with Gasteiger partial charge in [0.15, 0.2) is 5.69 Å². The van der Waals surface area contributed by atoms with E-state index in [-0.39, 0.29) is 5.69 Å². The minimum atomic E-state index is -1.01. The van der Waals surface area contributed by atoms with E-state index in [9.17, 15) is 4.79 Å². The molecule has 1 aromatic heterocycles. The second-order valence-electron chi connectivity index (χ2n) is 4.22. The van der Waals surface area contributed by atoms with Crippen LogP contribution in [0.4, 0.5) is 0 Å². The van der Waals surface area contributed by atoms with Gasteiger partial charge in [0.25, 0.3) is 0 Å². The zero-order valence-electron chi connectivity index (χ0n) is 9.79. The number of carboxylic acids is 1. The quantitative estimate of drug-likeness (QED) is 0.882. The average molecular weight is 230 g/mol. The molecular formula is C13H14N2O2. The van der Waals surface area contributed by atoms with Crippen LogP contribution in [0, 0.1) is 0 Å². The molecule has 0 spiro atoms. The van der Waals surface area contributed by atoms with Gasteiger partial charge in [-0.2, -0.15) is 0 Å². The van der Waals surface area contributed by atoms with Crippen LogP contribution in [0.15, 0.2) is 36.8 Å². The monoisotopic (exact) mass is 230 g/mol. The SMILES string of the molecule is CC(C)c1cccc(-n2cnc(C(=O)O)c2)c1. The number of carboxylic acid groups (broad SMARTS) is 1. The highest BCUT2D eigenvalue weighted by atomic mass is 16.4. The van der Waals surface area contributed by atoms with Gasteiger partial charge in [-0.1, -0.05) is 26.0 Å². The Morgan fingerprint density at radius 3 is 2.76 bits per heavy atom. The van der Waals surface area contributed by atoms with Crippen molar-refractivity contribution in [1.29, 1.82) is 0 Å². The number of nitrogens with zero attached hydrogens (tertiary/aromatic N) is 2. The fraction of sp³-hybridized carbons (Fsp3) is 0.231. The summed E-state index contributed by atoms with van der Waals surface area (Å²) in [7, 11) is 0. The lowest BCUT2D eigenvalue weighted by molar-refractivity contribution is 0.0691. The third-order valence-electron chi connectivity index (χ3n) is 2.64. The Morgan fingerprint density at radius 1 is 1.41 bits per heavy atom. The highest BCUT2D eigenvalue weighted by Gasteiger charge is 2.08. The molecule has 0 amide bonds. The molecule has 17 heavy (non-hydrogen) atoms. The van der Waals surface area contributed by atoms with Crippen molar-refractivity contribution in [2.75, 3.05) is 0 Å². The van der Waals surface area contributed by atoms with Crippen molar-refractivity contribution in [3.05, 3.63) is 48.0 Å². The summed E-state index contributed by atoms with van der Waals surface area (Å²) in [6.07, 6.45) is 3.03. The lowest BCUT2D eigenvalue weighted by Crippen LogP contribution is -1.96. The van der Waals surface area contributed by atoms with E-state index in [2.05, 4.69) is 24.9 Å². The topological polar surface area (TPSA) is 55.1 Å². The fourth-order valence-electron chi connectivity index (χ4n) is 1.62. The molecule has 0 saturated carbocycles. The Labute approximate surface area is 99.5 Å². The Hall–Kier alpha value is -2.10. The molecular weight excluding hydrogens is 216 g/mol. The third-order valence-corrected chi connectivity index (χ3v) is 2.64. The van der Waals surface area contributed by atoms with Crippen LogP contribution in [0.5, 0.6) is 0 Å². The normalized spacial score (nSPS) is 10.8. The van der Waals surface area contributed by atoms with E-state index in [1.165, 1.54) is 18.1 Å². The van der Waals surface area contributed by atoms with Crippen LogP contribution < -0.4 is 0 Å². The molecule has 0 aliphatic carbocycles. The first-order valence-corrected chi connectivity index (χ1v) is 5.45. The third kappa shape index (κ3) is 2.36. The molecule has 0 bridgehead atoms. The highest BCUT2D eigenvalue weighted by molar-refractivity contribution is 5.85. The average Bonchev–Trinajstić information content (AvgIpc) is 2.78. The number of benzene rings is 1. The molecule has 0 saturated heterocycles. The molecule has 0 fully saturated rings. The number of hydrogen-bond donors (Lipinski definition) is 1. The Balaban J connectivity index is 2.38. The maximum Gasteiger partial charge on any atom is 0.356 e. The largest absolute Gasteiger partial charge is 0.476 e. The van der Waals surface area contributed by atoms with Crippen molar-refractivity contribution in [3.63, 3.8) is 0 Å². The van der Waals surface area contributed by atoms with Crippen molar-refractivity contribution in [2.45, 2.75) is 19.8 Å². The molecule has 0 atom stereocenters. The number of imidazole rings is 1. The minimum absolute atomic E-state index is 0.0555. The summed E-state index contributed by atoms with van der Waals surface area (Å²) in [5.41, 5.74) is 2.20. The smallest absolute Gasteiger partial charge is 0.356 e. The minimum Gasteiger partial charge on any atom is -0.476 e. The van der Waals surface area contributed by atoms with Gasteiger partial charge in [0.2, 0.25) is 0 Å². The van der Waals surface area contributed by atoms with Crippen molar-refractivity contribution >= 4 is 5.97 Å². The van der Waals surface area contributed by atoms with Gasteiger partial charge in [-0.15, -0.1) is 0 Å². The van der Waals surface area contributed by atoms with Crippen molar-refractivity contribution in [3.8, 4) is 5.69 Å². The van der Waals surface area contributed by atoms with Gasteiger partial charge in [0.05, 0.1) is 0 Å². The first-order valence-electron chi connectivity index (χ1n) is 5.45. The molecule has 1 N–H and O–H groups in total. The molecule has 0 unspecified atom stereocenters. The van der Waals surface area contributed by atoms with E-state index < -0.39 is 5.97 Å². The Kier molecular flexibility index (Phi) is 2.95. The van der Waals surface area contributed by atoms with Crippen LogP contribution in [0.2, 0.25) is 0 Å². The number of aromatic carboxylic acids is 1. The molecule has 88 valence electrons. The van der Waals surface area contributed by atoms with Gasteiger partial charge >= 0.3 is 5.97 Å². The summed E-state index contributed by atoms with van der Waals surface area (Å²) in [5, 5.41) is 8.81. The standard InChI is InChI=1S/C13H14N2O2/c1-9(2)10-4-3-5-11(6-10)15-7-12(13(16)17)14-8-15/h3-9H,1-2H3,(H,16,17). The maximum absolute atomic E-state index is 10.7. The Bertz CT molecular complexity index is 544. The fourth-order valence-corrected chi connectivity index (χ4v) is 1.62. The van der Waals surface area contributed by atoms with Crippen molar-refractivity contribution in [2.24, 2.45) is 0 Å². The number of rotatable bonds is 3. The van der Waals surface area contributed by atoms with Crippen LogP contribution in [0.1, 0.15) is 35.8 Å². The molecule has 1 heterocycles. The van der Waals surface area contributed by atoms with Crippen molar-refractivity contribution in [1.82, 2.24) is 9.55 Å². The van der Waals surface area contributed by atoms with Gasteiger partial charge in [0, 0.05) is 11.9 Å². The van der Waals surface area contributed by atoms with Crippen LogP contribution in [-0.4, -0.2) is 20.6 Å². The van der Waals surface area contributed by atoms with Crippen LogP contribution in [0.3, 0.4) is 0 Å². The van der Waals surface area contributed by atoms with Gasteiger partial charge < -0.3 is 9.67 Å². The lowest BCUT2D eigenvalue weighted by Gasteiger charge is -2.08. The predicted octanol–water partition coefficient (Wildman–Crippen LogP) is 2.69. The van der Waals surface area contributed by atoms with E-state index in [1.807, 2.05) is 18.2 Å². The number of hydrogen-bond acceptors (Lipinski definition) is 2. The molecule has 0 aliphatic rings. The predicted molar refractivity (Wildman–Crippen MR) is 64.6 cm³/mol. The van der Waals surface area contributed by atoms with Crippen LogP contribution in [-0.2, 0) is 0 Å². The molecule has 1 aromatic carbocycles. The maximum atomic E-state index is 10.7. The summed E-state index contributed by atoms with van der Waals surface area (Å²) in [5.74, 6) is -0.568. The summed E-state index contributed by atoms with van der Waals surface area (Å²) >= 11 is 0.